The number of piperazine rings is 1. The first-order valence-electron chi connectivity index (χ1n) is 8.60. The number of carbonyl (C=O) groups excluding carboxylic acids is 1. The summed E-state index contributed by atoms with van der Waals surface area (Å²) < 4.78 is 5.05. The maximum atomic E-state index is 11.8. The summed E-state index contributed by atoms with van der Waals surface area (Å²) in [5.41, 5.74) is 1.83. The van der Waals surface area contributed by atoms with E-state index < -0.39 is 0 Å². The quantitative estimate of drug-likeness (QED) is 0.882. The molecule has 1 aliphatic rings. The van der Waals surface area contributed by atoms with Gasteiger partial charge in [0.1, 0.15) is 5.82 Å². The van der Waals surface area contributed by atoms with E-state index in [2.05, 4.69) is 20.2 Å². The molecule has 1 aliphatic heterocycles. The molecule has 2 heterocycles. The van der Waals surface area contributed by atoms with Gasteiger partial charge in [-0.15, -0.1) is 0 Å². The first-order valence-corrected chi connectivity index (χ1v) is 8.98. The van der Waals surface area contributed by atoms with Crippen LogP contribution in [0.3, 0.4) is 0 Å². The van der Waals surface area contributed by atoms with Crippen molar-refractivity contribution in [2.24, 2.45) is 0 Å². The van der Waals surface area contributed by atoms with E-state index in [0.717, 1.165) is 17.1 Å². The number of ether oxygens (including phenoxy) is 1. The number of benzene rings is 1. The third-order valence-electron chi connectivity index (χ3n) is 4.28. The summed E-state index contributed by atoms with van der Waals surface area (Å²) >= 11 is 6.16. The Hall–Kier alpha value is -2.54. The molecule has 1 amide bonds. The predicted octanol–water partition coefficient (Wildman–Crippen LogP) is 3.46. The fourth-order valence-corrected chi connectivity index (χ4v) is 2.96. The molecule has 1 aromatic heterocycles. The standard InChI is InChI=1S/C18H22ClN5O2/c1-3-26-18(25)24-11-9-23(10-12-24)16-7-8-20-17(22-16)21-15-6-4-5-14(19)13(15)2/h4-8H,3,9-12H2,1-2H3,(H,20,21,22). The highest BCUT2D eigenvalue weighted by molar-refractivity contribution is 6.31. The first-order chi connectivity index (χ1) is 12.6. The molecule has 1 aromatic carbocycles. The van der Waals surface area contributed by atoms with E-state index in [1.165, 1.54) is 0 Å². The van der Waals surface area contributed by atoms with Crippen LogP contribution in [0.15, 0.2) is 30.5 Å². The normalized spacial score (nSPS) is 14.3. The Kier molecular flexibility index (Phi) is 5.78. The summed E-state index contributed by atoms with van der Waals surface area (Å²) in [7, 11) is 0. The van der Waals surface area contributed by atoms with Crippen molar-refractivity contribution >= 4 is 35.1 Å². The minimum atomic E-state index is -0.256. The number of amides is 1. The highest BCUT2D eigenvalue weighted by Crippen LogP contribution is 2.25. The van der Waals surface area contributed by atoms with Crippen LogP contribution < -0.4 is 10.2 Å². The molecule has 0 atom stereocenters. The number of halogens is 1. The predicted molar refractivity (Wildman–Crippen MR) is 102 cm³/mol. The SMILES string of the molecule is CCOC(=O)N1CCN(c2ccnc(Nc3cccc(Cl)c3C)n2)CC1. The van der Waals surface area contributed by atoms with Crippen LogP contribution >= 0.6 is 11.6 Å². The third-order valence-corrected chi connectivity index (χ3v) is 4.69. The number of nitrogens with one attached hydrogen (secondary N) is 1. The zero-order valence-corrected chi connectivity index (χ0v) is 15.7. The van der Waals surface area contributed by atoms with Crippen LogP contribution in [0.1, 0.15) is 12.5 Å². The van der Waals surface area contributed by atoms with E-state index >= 15 is 0 Å². The molecule has 1 fully saturated rings. The van der Waals surface area contributed by atoms with Crippen molar-refractivity contribution in [3.8, 4) is 0 Å². The number of hydrogen-bond acceptors (Lipinski definition) is 6. The number of rotatable bonds is 4. The first kappa shape index (κ1) is 18.3. The van der Waals surface area contributed by atoms with Crippen LogP contribution in [-0.2, 0) is 4.74 Å². The molecule has 0 saturated carbocycles. The Morgan fingerprint density at radius 1 is 1.27 bits per heavy atom. The summed E-state index contributed by atoms with van der Waals surface area (Å²) in [4.78, 5) is 24.5. The average Bonchev–Trinajstić information content (AvgIpc) is 2.66. The number of nitrogens with zero attached hydrogens (tertiary/aromatic N) is 4. The molecule has 8 heteroatoms. The smallest absolute Gasteiger partial charge is 0.409 e. The monoisotopic (exact) mass is 375 g/mol. The van der Waals surface area contributed by atoms with Crippen molar-refractivity contribution < 1.29 is 9.53 Å². The molecule has 2 aromatic rings. The number of anilines is 3. The van der Waals surface area contributed by atoms with Gasteiger partial charge in [-0.25, -0.2) is 9.78 Å². The number of carbonyl (C=O) groups is 1. The maximum absolute atomic E-state index is 11.8. The van der Waals surface area contributed by atoms with Gasteiger partial charge in [-0.2, -0.15) is 4.98 Å². The van der Waals surface area contributed by atoms with Crippen LogP contribution in [0.25, 0.3) is 0 Å². The molecule has 0 aliphatic carbocycles. The maximum Gasteiger partial charge on any atom is 0.409 e. The van der Waals surface area contributed by atoms with Gasteiger partial charge in [0, 0.05) is 43.1 Å². The highest BCUT2D eigenvalue weighted by atomic mass is 35.5. The average molecular weight is 376 g/mol. The molecule has 0 spiro atoms. The van der Waals surface area contributed by atoms with Crippen molar-refractivity contribution in [1.29, 1.82) is 0 Å². The lowest BCUT2D eigenvalue weighted by molar-refractivity contribution is 0.105. The Labute approximate surface area is 157 Å². The van der Waals surface area contributed by atoms with Gasteiger partial charge in [0.15, 0.2) is 0 Å². The lowest BCUT2D eigenvalue weighted by Gasteiger charge is -2.34. The van der Waals surface area contributed by atoms with Crippen LogP contribution in [-0.4, -0.2) is 53.7 Å². The van der Waals surface area contributed by atoms with Gasteiger partial charge >= 0.3 is 6.09 Å². The van der Waals surface area contributed by atoms with Gasteiger partial charge in [0.2, 0.25) is 5.95 Å². The summed E-state index contributed by atoms with van der Waals surface area (Å²) in [5, 5.41) is 3.91. The molecule has 3 rings (SSSR count). The van der Waals surface area contributed by atoms with Gasteiger partial charge in [-0.3, -0.25) is 0 Å². The minimum absolute atomic E-state index is 0.256. The van der Waals surface area contributed by atoms with Gasteiger partial charge < -0.3 is 19.9 Å². The zero-order valence-electron chi connectivity index (χ0n) is 14.9. The second-order valence-corrected chi connectivity index (χ2v) is 6.36. The van der Waals surface area contributed by atoms with E-state index in [0.29, 0.717) is 43.8 Å². The van der Waals surface area contributed by atoms with Crippen LogP contribution in [0.4, 0.5) is 22.2 Å². The van der Waals surface area contributed by atoms with E-state index in [-0.39, 0.29) is 6.09 Å². The van der Waals surface area contributed by atoms with E-state index in [1.54, 1.807) is 11.1 Å². The molecule has 1 saturated heterocycles. The zero-order chi connectivity index (χ0) is 18.5. The largest absolute Gasteiger partial charge is 0.450 e. The van der Waals surface area contributed by atoms with E-state index in [4.69, 9.17) is 16.3 Å². The Morgan fingerprint density at radius 2 is 2.04 bits per heavy atom. The number of hydrogen-bond donors (Lipinski definition) is 1. The molecular formula is C18H22ClN5O2. The van der Waals surface area contributed by atoms with Gasteiger partial charge in [-0.05, 0) is 37.6 Å². The van der Waals surface area contributed by atoms with Crippen LogP contribution in [0, 0.1) is 6.92 Å². The molecule has 1 N–H and O–H groups in total. The summed E-state index contributed by atoms with van der Waals surface area (Å²) in [6.45, 7) is 6.77. The van der Waals surface area contributed by atoms with Crippen molar-refractivity contribution in [2.75, 3.05) is 43.0 Å². The van der Waals surface area contributed by atoms with E-state index in [1.807, 2.05) is 38.1 Å². The Bertz CT molecular complexity index is 778. The van der Waals surface area contributed by atoms with Gasteiger partial charge in [-0.1, -0.05) is 17.7 Å². The van der Waals surface area contributed by atoms with Crippen LogP contribution in [0.5, 0.6) is 0 Å². The second kappa shape index (κ2) is 8.23. The van der Waals surface area contributed by atoms with Gasteiger partial charge in [0.05, 0.1) is 6.61 Å². The van der Waals surface area contributed by atoms with Crippen molar-refractivity contribution in [3.63, 3.8) is 0 Å². The van der Waals surface area contributed by atoms with Crippen molar-refractivity contribution in [2.45, 2.75) is 13.8 Å². The molecule has 138 valence electrons. The summed E-state index contributed by atoms with van der Waals surface area (Å²) in [6.07, 6.45) is 1.47. The molecule has 0 radical (unpaired) electrons. The Morgan fingerprint density at radius 3 is 2.77 bits per heavy atom. The summed E-state index contributed by atoms with van der Waals surface area (Å²) in [5.74, 6) is 1.34. The fraction of sp³-hybridized carbons (Fsp3) is 0.389. The number of aromatic nitrogens is 2. The molecular weight excluding hydrogens is 354 g/mol. The molecule has 7 nitrogen and oxygen atoms in total. The molecule has 26 heavy (non-hydrogen) atoms. The molecule has 0 bridgehead atoms. The fourth-order valence-electron chi connectivity index (χ4n) is 2.78. The topological polar surface area (TPSA) is 70.6 Å². The Balaban J connectivity index is 1.67. The minimum Gasteiger partial charge on any atom is -0.450 e. The van der Waals surface area contributed by atoms with Gasteiger partial charge in [0.25, 0.3) is 0 Å². The molecule has 0 unspecified atom stereocenters. The third kappa shape index (κ3) is 4.16. The second-order valence-electron chi connectivity index (χ2n) is 5.95. The lowest BCUT2D eigenvalue weighted by Crippen LogP contribution is -2.49. The summed E-state index contributed by atoms with van der Waals surface area (Å²) in [6, 6.07) is 7.55. The highest BCUT2D eigenvalue weighted by Gasteiger charge is 2.22. The van der Waals surface area contributed by atoms with Crippen molar-refractivity contribution in [1.82, 2.24) is 14.9 Å². The van der Waals surface area contributed by atoms with E-state index in [9.17, 15) is 4.79 Å². The lowest BCUT2D eigenvalue weighted by atomic mass is 10.2. The van der Waals surface area contributed by atoms with Crippen molar-refractivity contribution in [3.05, 3.63) is 41.0 Å². The van der Waals surface area contributed by atoms with Crippen LogP contribution in [0.2, 0.25) is 5.02 Å².